The van der Waals surface area contributed by atoms with Gasteiger partial charge < -0.3 is 15.6 Å². The third-order valence-corrected chi connectivity index (χ3v) is 3.11. The maximum absolute atomic E-state index is 5.87. The Morgan fingerprint density at radius 2 is 2.14 bits per heavy atom. The van der Waals surface area contributed by atoms with Crippen molar-refractivity contribution in [3.8, 4) is 0 Å². The second kappa shape index (κ2) is 4.00. The number of nitrogens with two attached hydrogens (primary N) is 1. The lowest BCUT2D eigenvalue weighted by Gasteiger charge is -2.33. The van der Waals surface area contributed by atoms with E-state index in [-0.39, 0.29) is 0 Å². The summed E-state index contributed by atoms with van der Waals surface area (Å²) in [6.07, 6.45) is 8.28. The van der Waals surface area contributed by atoms with Crippen molar-refractivity contribution in [3.05, 3.63) is 12.4 Å². The van der Waals surface area contributed by atoms with Crippen LogP contribution < -0.4 is 10.6 Å². The lowest BCUT2D eigenvalue weighted by atomic mass is 9.91. The predicted molar refractivity (Wildman–Crippen MR) is 57.2 cm³/mol. The van der Waals surface area contributed by atoms with Crippen molar-refractivity contribution < 1.29 is 0 Å². The molecule has 78 valence electrons. The van der Waals surface area contributed by atoms with Crippen LogP contribution in [-0.2, 0) is 0 Å². The van der Waals surface area contributed by atoms with Crippen molar-refractivity contribution in [2.24, 2.45) is 5.73 Å². The van der Waals surface area contributed by atoms with Crippen LogP contribution in [-0.4, -0.2) is 29.1 Å². The largest absolute Gasteiger partial charge is 0.343 e. The molecule has 0 spiro atoms. The Morgan fingerprint density at radius 1 is 1.43 bits per heavy atom. The average Bonchev–Trinajstić information content (AvgIpc) is 2.71. The van der Waals surface area contributed by atoms with Gasteiger partial charge in [0.2, 0.25) is 5.95 Å². The Hall–Kier alpha value is -1.03. The van der Waals surface area contributed by atoms with Crippen LogP contribution in [0.15, 0.2) is 12.4 Å². The van der Waals surface area contributed by atoms with E-state index in [4.69, 9.17) is 5.73 Å². The van der Waals surface area contributed by atoms with Gasteiger partial charge in [-0.25, -0.2) is 4.98 Å². The number of hydrogen-bond donors (Lipinski definition) is 2. The van der Waals surface area contributed by atoms with Crippen LogP contribution >= 0.6 is 0 Å². The van der Waals surface area contributed by atoms with E-state index in [1.807, 2.05) is 6.20 Å². The fourth-order valence-electron chi connectivity index (χ4n) is 2.11. The second-order valence-electron chi connectivity index (χ2n) is 4.09. The van der Waals surface area contributed by atoms with E-state index in [9.17, 15) is 0 Å². The normalized spacial score (nSPS) is 27.6. The zero-order chi connectivity index (χ0) is 9.97. The quantitative estimate of drug-likeness (QED) is 0.741. The fourth-order valence-corrected chi connectivity index (χ4v) is 2.11. The minimum atomic E-state index is 0.413. The van der Waals surface area contributed by atoms with Crippen molar-refractivity contribution >= 4 is 5.95 Å². The number of nitrogens with zero attached hydrogens (tertiary/aromatic N) is 2. The highest BCUT2D eigenvalue weighted by Gasteiger charge is 2.22. The zero-order valence-corrected chi connectivity index (χ0v) is 8.61. The molecule has 14 heavy (non-hydrogen) atoms. The lowest BCUT2D eigenvalue weighted by molar-refractivity contribution is 0.383. The van der Waals surface area contributed by atoms with Crippen LogP contribution in [0.2, 0.25) is 0 Å². The number of nitrogens with one attached hydrogen (secondary N) is 1. The van der Waals surface area contributed by atoms with Crippen LogP contribution in [0, 0.1) is 0 Å². The molecule has 0 saturated heterocycles. The van der Waals surface area contributed by atoms with Crippen LogP contribution in [0.5, 0.6) is 0 Å². The topological polar surface area (TPSA) is 57.9 Å². The molecule has 0 unspecified atom stereocenters. The molecule has 4 heteroatoms. The zero-order valence-electron chi connectivity index (χ0n) is 8.61. The summed E-state index contributed by atoms with van der Waals surface area (Å²) in [5.74, 6) is 0.963. The van der Waals surface area contributed by atoms with Gasteiger partial charge in [0.25, 0.3) is 0 Å². The van der Waals surface area contributed by atoms with Gasteiger partial charge in [0.15, 0.2) is 0 Å². The monoisotopic (exact) mass is 194 g/mol. The van der Waals surface area contributed by atoms with Gasteiger partial charge in [-0.3, -0.25) is 0 Å². The van der Waals surface area contributed by atoms with Crippen LogP contribution in [0.25, 0.3) is 0 Å². The Labute approximate surface area is 84.5 Å². The van der Waals surface area contributed by atoms with Crippen molar-refractivity contribution in [2.75, 3.05) is 11.9 Å². The highest BCUT2D eigenvalue weighted by molar-refractivity contribution is 5.29. The summed E-state index contributed by atoms with van der Waals surface area (Å²) in [5.41, 5.74) is 5.87. The van der Waals surface area contributed by atoms with Crippen LogP contribution in [0.1, 0.15) is 25.7 Å². The van der Waals surface area contributed by atoms with E-state index < -0.39 is 0 Å². The molecular formula is C10H18N4. The summed E-state index contributed by atoms with van der Waals surface area (Å²) in [6, 6.07) is 1.01. The second-order valence-corrected chi connectivity index (χ2v) is 4.09. The summed E-state index contributed by atoms with van der Waals surface area (Å²) in [5, 5.41) is 0. The molecule has 1 aromatic heterocycles. The van der Waals surface area contributed by atoms with E-state index in [1.165, 1.54) is 12.8 Å². The number of rotatable bonds is 2. The number of imidazole rings is 1. The molecule has 1 aromatic rings. The molecule has 1 fully saturated rings. The van der Waals surface area contributed by atoms with E-state index in [2.05, 4.69) is 21.9 Å². The third kappa shape index (κ3) is 1.90. The van der Waals surface area contributed by atoms with Gasteiger partial charge in [0.05, 0.1) is 0 Å². The standard InChI is InChI=1S/C10H18N4/c1-14(10-12-6-7-13-10)9-4-2-8(11)3-5-9/h6-9H,2-5,11H2,1H3,(H,12,13). The third-order valence-electron chi connectivity index (χ3n) is 3.11. The SMILES string of the molecule is CN(c1ncc[nH]1)C1CCC(N)CC1. The molecule has 2 rings (SSSR count). The molecule has 0 bridgehead atoms. The smallest absolute Gasteiger partial charge is 0.202 e. The van der Waals surface area contributed by atoms with E-state index in [0.717, 1.165) is 18.8 Å². The van der Waals surface area contributed by atoms with Gasteiger partial charge in [-0.1, -0.05) is 0 Å². The van der Waals surface area contributed by atoms with Gasteiger partial charge in [-0.15, -0.1) is 0 Å². The lowest BCUT2D eigenvalue weighted by Crippen LogP contribution is -2.39. The van der Waals surface area contributed by atoms with Gasteiger partial charge in [0, 0.05) is 31.5 Å². The maximum Gasteiger partial charge on any atom is 0.202 e. The van der Waals surface area contributed by atoms with Crippen molar-refractivity contribution in [3.63, 3.8) is 0 Å². The molecule has 0 atom stereocenters. The molecule has 0 aliphatic heterocycles. The Balaban J connectivity index is 1.95. The summed E-state index contributed by atoms with van der Waals surface area (Å²) in [4.78, 5) is 9.61. The van der Waals surface area contributed by atoms with E-state index >= 15 is 0 Å². The first-order valence-corrected chi connectivity index (χ1v) is 5.25. The molecule has 0 amide bonds. The summed E-state index contributed by atoms with van der Waals surface area (Å²) >= 11 is 0. The van der Waals surface area contributed by atoms with Crippen molar-refractivity contribution in [1.29, 1.82) is 0 Å². The Morgan fingerprint density at radius 3 is 2.71 bits per heavy atom. The number of hydrogen-bond acceptors (Lipinski definition) is 3. The molecule has 0 radical (unpaired) electrons. The van der Waals surface area contributed by atoms with Gasteiger partial charge in [-0.05, 0) is 25.7 Å². The number of aromatic nitrogens is 2. The summed E-state index contributed by atoms with van der Waals surface area (Å²) in [7, 11) is 2.10. The Bertz CT molecular complexity index is 262. The van der Waals surface area contributed by atoms with Gasteiger partial charge in [0.1, 0.15) is 0 Å². The van der Waals surface area contributed by atoms with Crippen molar-refractivity contribution in [1.82, 2.24) is 9.97 Å². The number of anilines is 1. The molecule has 1 aliphatic carbocycles. The first kappa shape index (κ1) is 9.52. The number of H-pyrrole nitrogens is 1. The highest BCUT2D eigenvalue weighted by Crippen LogP contribution is 2.23. The minimum Gasteiger partial charge on any atom is -0.343 e. The average molecular weight is 194 g/mol. The predicted octanol–water partition coefficient (Wildman–Crippen LogP) is 1.12. The molecule has 1 heterocycles. The fraction of sp³-hybridized carbons (Fsp3) is 0.700. The summed E-state index contributed by atoms with van der Waals surface area (Å²) < 4.78 is 0. The van der Waals surface area contributed by atoms with Crippen LogP contribution in [0.3, 0.4) is 0 Å². The minimum absolute atomic E-state index is 0.413. The Kier molecular flexibility index (Phi) is 2.72. The highest BCUT2D eigenvalue weighted by atomic mass is 15.3. The van der Waals surface area contributed by atoms with E-state index in [0.29, 0.717) is 12.1 Å². The molecule has 3 N–H and O–H groups in total. The van der Waals surface area contributed by atoms with E-state index in [1.54, 1.807) is 6.20 Å². The summed E-state index contributed by atoms with van der Waals surface area (Å²) in [6.45, 7) is 0. The molecular weight excluding hydrogens is 176 g/mol. The molecule has 1 aliphatic rings. The van der Waals surface area contributed by atoms with Gasteiger partial charge >= 0.3 is 0 Å². The number of aromatic amines is 1. The molecule has 4 nitrogen and oxygen atoms in total. The van der Waals surface area contributed by atoms with Crippen molar-refractivity contribution in [2.45, 2.75) is 37.8 Å². The maximum atomic E-state index is 5.87. The molecule has 1 saturated carbocycles. The van der Waals surface area contributed by atoms with Gasteiger partial charge in [-0.2, -0.15) is 0 Å². The molecule has 0 aromatic carbocycles. The first-order valence-electron chi connectivity index (χ1n) is 5.25. The first-order chi connectivity index (χ1) is 6.77. The van der Waals surface area contributed by atoms with Crippen LogP contribution in [0.4, 0.5) is 5.95 Å².